The summed E-state index contributed by atoms with van der Waals surface area (Å²) < 4.78 is 0. The van der Waals surface area contributed by atoms with E-state index >= 15 is 0 Å². The van der Waals surface area contributed by atoms with Crippen LogP contribution in [-0.4, -0.2) is 11.1 Å². The predicted octanol–water partition coefficient (Wildman–Crippen LogP) is 1.83. The largest absolute Gasteiger partial charge is 0.299 e. The summed E-state index contributed by atoms with van der Waals surface area (Å²) in [6, 6.07) is 0. The van der Waals surface area contributed by atoms with Crippen LogP contribution in [0, 0.1) is 6.92 Å². The lowest BCUT2D eigenvalue weighted by molar-refractivity contribution is -0.114. The highest BCUT2D eigenvalue weighted by molar-refractivity contribution is 9.09. The van der Waals surface area contributed by atoms with Crippen LogP contribution in [0.1, 0.15) is 19.3 Å². The van der Waals surface area contributed by atoms with E-state index in [2.05, 4.69) is 15.9 Å². The molecule has 0 aliphatic heterocycles. The highest BCUT2D eigenvalue weighted by Crippen LogP contribution is 1.97. The Hall–Kier alpha value is 0.150. The first-order chi connectivity index (χ1) is 3.77. The van der Waals surface area contributed by atoms with Crippen molar-refractivity contribution in [3.63, 3.8) is 0 Å². The van der Waals surface area contributed by atoms with Gasteiger partial charge in [-0.05, 0) is 12.8 Å². The topological polar surface area (TPSA) is 17.1 Å². The van der Waals surface area contributed by atoms with Gasteiger partial charge in [0.25, 0.3) is 0 Å². The summed E-state index contributed by atoms with van der Waals surface area (Å²) in [6.45, 7) is 4.88. The minimum Gasteiger partial charge on any atom is -0.299 e. The fourth-order valence-electron chi connectivity index (χ4n) is 0.394. The maximum Gasteiger partial charge on any atom is 0.137 e. The lowest BCUT2D eigenvalue weighted by atomic mass is 10.2. The first-order valence-corrected chi connectivity index (χ1v) is 3.74. The second-order valence-electron chi connectivity index (χ2n) is 1.61. The zero-order valence-corrected chi connectivity index (χ0v) is 6.28. The van der Waals surface area contributed by atoms with Crippen LogP contribution in [0.4, 0.5) is 0 Å². The minimum absolute atomic E-state index is 0.203. The Morgan fingerprint density at radius 1 is 1.50 bits per heavy atom. The first-order valence-electron chi connectivity index (χ1n) is 2.61. The molecule has 0 atom stereocenters. The first kappa shape index (κ1) is 8.15. The highest BCUT2D eigenvalue weighted by Gasteiger charge is 1.90. The van der Waals surface area contributed by atoms with E-state index in [-0.39, 0.29) is 5.78 Å². The summed E-state index contributed by atoms with van der Waals surface area (Å²) in [4.78, 5) is 10.1. The van der Waals surface area contributed by atoms with Gasteiger partial charge in [-0.2, -0.15) is 0 Å². The van der Waals surface area contributed by atoms with Gasteiger partial charge in [0, 0.05) is 18.7 Å². The molecule has 2 heteroatoms. The third-order valence-electron chi connectivity index (χ3n) is 0.807. The molecule has 8 heavy (non-hydrogen) atoms. The second-order valence-corrected chi connectivity index (χ2v) is 2.41. The van der Waals surface area contributed by atoms with Crippen LogP contribution in [0.25, 0.3) is 0 Å². The molecule has 0 aromatic heterocycles. The Morgan fingerprint density at radius 3 is 2.50 bits per heavy atom. The number of carbonyl (C=O) groups excluding carboxylic acids is 1. The van der Waals surface area contributed by atoms with E-state index in [0.29, 0.717) is 6.42 Å². The van der Waals surface area contributed by atoms with Crippen LogP contribution >= 0.6 is 15.9 Å². The van der Waals surface area contributed by atoms with E-state index in [9.17, 15) is 4.79 Å². The number of hydrogen-bond donors (Lipinski definition) is 0. The van der Waals surface area contributed by atoms with Gasteiger partial charge >= 0.3 is 0 Å². The van der Waals surface area contributed by atoms with Gasteiger partial charge in [0.2, 0.25) is 0 Å². The van der Waals surface area contributed by atoms with Gasteiger partial charge in [0.05, 0.1) is 0 Å². The lowest BCUT2D eigenvalue weighted by Crippen LogP contribution is -1.89. The van der Waals surface area contributed by atoms with Crippen molar-refractivity contribution in [3.05, 3.63) is 6.92 Å². The smallest absolute Gasteiger partial charge is 0.137 e. The zero-order chi connectivity index (χ0) is 6.41. The maximum atomic E-state index is 10.1. The van der Waals surface area contributed by atoms with Crippen molar-refractivity contribution in [2.24, 2.45) is 0 Å². The Bertz CT molecular complexity index is 70.9. The van der Waals surface area contributed by atoms with E-state index in [1.54, 1.807) is 0 Å². The summed E-state index contributed by atoms with van der Waals surface area (Å²) in [6.07, 6.45) is 2.45. The molecule has 0 fully saturated rings. The number of rotatable bonds is 4. The molecule has 0 bridgehead atoms. The monoisotopic (exact) mass is 176 g/mol. The van der Waals surface area contributed by atoms with Crippen molar-refractivity contribution >= 4 is 21.7 Å². The zero-order valence-electron chi connectivity index (χ0n) is 4.69. The molecule has 1 nitrogen and oxygen atoms in total. The summed E-state index contributed by atoms with van der Waals surface area (Å²) in [5.74, 6) is -0.203. The minimum atomic E-state index is -0.203. The van der Waals surface area contributed by atoms with Gasteiger partial charge < -0.3 is 0 Å². The second kappa shape index (κ2) is 5.29. The van der Waals surface area contributed by atoms with Crippen LogP contribution < -0.4 is 0 Å². The highest BCUT2D eigenvalue weighted by atomic mass is 79.9. The Balaban J connectivity index is 2.82. The Labute approximate surface area is 58.6 Å². The Kier molecular flexibility index (Phi) is 5.39. The van der Waals surface area contributed by atoms with Crippen LogP contribution in [0.15, 0.2) is 0 Å². The van der Waals surface area contributed by atoms with Gasteiger partial charge in [-0.1, -0.05) is 15.9 Å². The van der Waals surface area contributed by atoms with E-state index in [1.807, 2.05) is 0 Å². The van der Waals surface area contributed by atoms with Crippen LogP contribution in [-0.2, 0) is 4.79 Å². The molecule has 2 radical (unpaired) electrons. The molecule has 0 aliphatic carbocycles. The van der Waals surface area contributed by atoms with E-state index in [4.69, 9.17) is 6.92 Å². The molecule has 0 saturated heterocycles. The number of Topliss-reactive ketones (excluding diaryl/α,β-unsaturated/α-hetero) is 1. The molecule has 0 aliphatic rings. The summed E-state index contributed by atoms with van der Waals surface area (Å²) in [7, 11) is 0. The van der Waals surface area contributed by atoms with E-state index in [0.717, 1.165) is 18.2 Å². The number of unbranched alkanes of at least 4 members (excludes halogenated alkanes) is 1. The summed E-state index contributed by atoms with van der Waals surface area (Å²) in [5, 5.41) is 0.959. The van der Waals surface area contributed by atoms with Gasteiger partial charge in [-0.25, -0.2) is 0 Å². The van der Waals surface area contributed by atoms with Crippen LogP contribution in [0.3, 0.4) is 0 Å². The Morgan fingerprint density at radius 2 is 2.12 bits per heavy atom. The fraction of sp³-hybridized carbons (Fsp3) is 0.667. The number of halogens is 1. The van der Waals surface area contributed by atoms with Crippen molar-refractivity contribution in [2.75, 3.05) is 5.33 Å². The molecule has 0 saturated carbocycles. The van der Waals surface area contributed by atoms with Gasteiger partial charge in [-0.15, -0.1) is 0 Å². The number of hydrogen-bond acceptors (Lipinski definition) is 1. The van der Waals surface area contributed by atoms with Gasteiger partial charge in [0.15, 0.2) is 0 Å². The molecule has 0 amide bonds. The standard InChI is InChI=1S/C6H9BrO/c1-6(8)4-2-3-5-7/h1H,2-5H2. The maximum absolute atomic E-state index is 10.1. The SMILES string of the molecule is [CH]C(=O)CCCCBr. The third kappa shape index (κ3) is 6.15. The molecule has 0 unspecified atom stereocenters. The van der Waals surface area contributed by atoms with E-state index in [1.165, 1.54) is 0 Å². The molecule has 0 heterocycles. The average Bonchev–Trinajstić information content (AvgIpc) is 1.66. The van der Waals surface area contributed by atoms with Gasteiger partial charge in [0.1, 0.15) is 5.78 Å². The van der Waals surface area contributed by atoms with Gasteiger partial charge in [-0.3, -0.25) is 4.79 Å². The molecular formula is C6H9BrO. The van der Waals surface area contributed by atoms with E-state index < -0.39 is 0 Å². The van der Waals surface area contributed by atoms with Crippen molar-refractivity contribution in [1.29, 1.82) is 0 Å². The summed E-state index contributed by atoms with van der Waals surface area (Å²) >= 11 is 3.25. The third-order valence-corrected chi connectivity index (χ3v) is 1.37. The summed E-state index contributed by atoms with van der Waals surface area (Å²) in [5.41, 5.74) is 0. The number of ketones is 1. The molecule has 0 aromatic rings. The van der Waals surface area contributed by atoms with Crippen molar-refractivity contribution < 1.29 is 4.79 Å². The van der Waals surface area contributed by atoms with Crippen LogP contribution in [0.2, 0.25) is 0 Å². The molecule has 46 valence electrons. The molecule has 0 rings (SSSR count). The molecule has 0 spiro atoms. The fourth-order valence-corrected chi connectivity index (χ4v) is 0.790. The lowest BCUT2D eigenvalue weighted by Gasteiger charge is -1.89. The normalized spacial score (nSPS) is 9.25. The number of alkyl halides is 1. The predicted molar refractivity (Wildman–Crippen MR) is 37.0 cm³/mol. The number of carbonyl (C=O) groups is 1. The van der Waals surface area contributed by atoms with Crippen molar-refractivity contribution in [1.82, 2.24) is 0 Å². The average molecular weight is 177 g/mol. The molecular weight excluding hydrogens is 168 g/mol. The van der Waals surface area contributed by atoms with Crippen molar-refractivity contribution in [2.45, 2.75) is 19.3 Å². The van der Waals surface area contributed by atoms with Crippen LogP contribution in [0.5, 0.6) is 0 Å². The molecule has 0 N–H and O–H groups in total. The molecule has 0 aromatic carbocycles. The quantitative estimate of drug-likeness (QED) is 0.472. The van der Waals surface area contributed by atoms with Crippen molar-refractivity contribution in [3.8, 4) is 0 Å².